The van der Waals surface area contributed by atoms with Crippen LogP contribution in [0, 0.1) is 0 Å². The van der Waals surface area contributed by atoms with Crippen LogP contribution in [0.3, 0.4) is 0 Å². The number of aromatic carboxylic acids is 1. The topological polar surface area (TPSA) is 113 Å². The number of rotatable bonds is 9. The van der Waals surface area contributed by atoms with Gasteiger partial charge in [0.2, 0.25) is 5.91 Å². The van der Waals surface area contributed by atoms with Crippen molar-refractivity contribution < 1.29 is 24.3 Å². The highest BCUT2D eigenvalue weighted by atomic mass is 32.2. The molecule has 0 aliphatic carbocycles. The van der Waals surface area contributed by atoms with E-state index >= 15 is 0 Å². The summed E-state index contributed by atoms with van der Waals surface area (Å²) < 4.78 is 0. The summed E-state index contributed by atoms with van der Waals surface area (Å²) in [5, 5.41) is 14.4. The highest BCUT2D eigenvalue weighted by Gasteiger charge is 2.23. The first-order valence-electron chi connectivity index (χ1n) is 11.7. The SMILES string of the molecule is CC(=O)c1ccc(NC(=O)C(Sc2cccc(NC(=O)c3ccccc3C(=O)O)c2)c2ccccc2)cc1. The fourth-order valence-electron chi connectivity index (χ4n) is 3.75. The van der Waals surface area contributed by atoms with E-state index in [2.05, 4.69) is 10.6 Å². The molecule has 1 atom stereocenters. The Morgan fingerprint density at radius 1 is 0.711 bits per heavy atom. The Hall–Kier alpha value is -4.69. The van der Waals surface area contributed by atoms with Crippen LogP contribution in [0.2, 0.25) is 0 Å². The van der Waals surface area contributed by atoms with E-state index in [1.165, 1.54) is 30.8 Å². The molecule has 0 bridgehead atoms. The van der Waals surface area contributed by atoms with Crippen LogP contribution in [0.15, 0.2) is 108 Å². The zero-order valence-electron chi connectivity index (χ0n) is 20.4. The van der Waals surface area contributed by atoms with E-state index in [0.29, 0.717) is 16.9 Å². The lowest BCUT2D eigenvalue weighted by Gasteiger charge is -2.18. The first kappa shape index (κ1) is 26.4. The van der Waals surface area contributed by atoms with Gasteiger partial charge in [-0.2, -0.15) is 0 Å². The van der Waals surface area contributed by atoms with Crippen LogP contribution in [0.25, 0.3) is 0 Å². The first-order chi connectivity index (χ1) is 18.3. The van der Waals surface area contributed by atoms with Gasteiger partial charge in [0.05, 0.1) is 11.1 Å². The number of carboxylic acids is 1. The second-order valence-corrected chi connectivity index (χ2v) is 9.54. The van der Waals surface area contributed by atoms with Crippen molar-refractivity contribution in [2.45, 2.75) is 17.1 Å². The average Bonchev–Trinajstić information content (AvgIpc) is 2.92. The molecule has 2 amide bonds. The Kier molecular flexibility index (Phi) is 8.35. The second kappa shape index (κ2) is 12.0. The Morgan fingerprint density at radius 2 is 1.37 bits per heavy atom. The van der Waals surface area contributed by atoms with Gasteiger partial charge in [-0.1, -0.05) is 48.5 Å². The van der Waals surface area contributed by atoms with Crippen molar-refractivity contribution in [3.05, 3.63) is 125 Å². The molecule has 0 spiro atoms. The van der Waals surface area contributed by atoms with Crippen molar-refractivity contribution in [3.63, 3.8) is 0 Å². The number of thioether (sulfide) groups is 1. The molecule has 38 heavy (non-hydrogen) atoms. The quantitative estimate of drug-likeness (QED) is 0.175. The Labute approximate surface area is 223 Å². The van der Waals surface area contributed by atoms with Crippen LogP contribution in [0.5, 0.6) is 0 Å². The van der Waals surface area contributed by atoms with E-state index in [4.69, 9.17) is 0 Å². The largest absolute Gasteiger partial charge is 0.478 e. The van der Waals surface area contributed by atoms with Crippen molar-refractivity contribution in [2.75, 3.05) is 10.6 Å². The summed E-state index contributed by atoms with van der Waals surface area (Å²) in [6.07, 6.45) is 0. The number of anilines is 2. The third-order valence-corrected chi connectivity index (χ3v) is 6.90. The molecular weight excluding hydrogens is 500 g/mol. The van der Waals surface area contributed by atoms with E-state index < -0.39 is 17.1 Å². The normalized spacial score (nSPS) is 11.3. The molecule has 0 aliphatic heterocycles. The molecule has 190 valence electrons. The highest BCUT2D eigenvalue weighted by Crippen LogP contribution is 2.37. The lowest BCUT2D eigenvalue weighted by molar-refractivity contribution is -0.115. The monoisotopic (exact) mass is 524 g/mol. The van der Waals surface area contributed by atoms with Gasteiger partial charge < -0.3 is 15.7 Å². The maximum atomic E-state index is 13.4. The number of benzene rings is 4. The summed E-state index contributed by atoms with van der Waals surface area (Å²) in [7, 11) is 0. The summed E-state index contributed by atoms with van der Waals surface area (Å²) in [5.74, 6) is -2.04. The maximum Gasteiger partial charge on any atom is 0.336 e. The van der Waals surface area contributed by atoms with Gasteiger partial charge in [-0.15, -0.1) is 11.8 Å². The molecule has 0 saturated carbocycles. The van der Waals surface area contributed by atoms with Gasteiger partial charge in [0.1, 0.15) is 5.25 Å². The summed E-state index contributed by atoms with van der Waals surface area (Å²) in [4.78, 5) is 49.9. The molecule has 0 saturated heterocycles. The standard InChI is InChI=1S/C30H24N2O5S/c1-19(33)20-14-16-22(17-15-20)31-29(35)27(21-8-3-2-4-9-21)38-24-11-7-10-23(18-24)32-28(34)25-12-5-6-13-26(25)30(36)37/h2-18,27H,1H3,(H,31,35)(H,32,34)(H,36,37). The van der Waals surface area contributed by atoms with Gasteiger partial charge in [0.25, 0.3) is 5.91 Å². The fraction of sp³-hybridized carbons (Fsp3) is 0.0667. The molecule has 0 aromatic heterocycles. The zero-order chi connectivity index (χ0) is 27.1. The summed E-state index contributed by atoms with van der Waals surface area (Å²) in [6.45, 7) is 1.48. The van der Waals surface area contributed by atoms with E-state index in [0.717, 1.165) is 10.5 Å². The van der Waals surface area contributed by atoms with Crippen molar-refractivity contribution >= 4 is 46.7 Å². The summed E-state index contributed by atoms with van der Waals surface area (Å²) >= 11 is 1.31. The van der Waals surface area contributed by atoms with Gasteiger partial charge in [0.15, 0.2) is 5.78 Å². The Morgan fingerprint density at radius 3 is 2.03 bits per heavy atom. The predicted molar refractivity (Wildman–Crippen MR) is 148 cm³/mol. The molecule has 4 aromatic carbocycles. The summed E-state index contributed by atoms with van der Waals surface area (Å²) in [6, 6.07) is 29.0. The molecule has 3 N–H and O–H groups in total. The third-order valence-electron chi connectivity index (χ3n) is 5.65. The predicted octanol–water partition coefficient (Wildman–Crippen LogP) is 6.31. The third kappa shape index (κ3) is 6.54. The first-order valence-corrected chi connectivity index (χ1v) is 12.6. The fourth-order valence-corrected chi connectivity index (χ4v) is 4.83. The Balaban J connectivity index is 1.54. The van der Waals surface area contributed by atoms with Gasteiger partial charge >= 0.3 is 5.97 Å². The van der Waals surface area contributed by atoms with Crippen LogP contribution < -0.4 is 10.6 Å². The van der Waals surface area contributed by atoms with Crippen LogP contribution >= 0.6 is 11.8 Å². The van der Waals surface area contributed by atoms with Crippen LogP contribution in [-0.4, -0.2) is 28.7 Å². The number of amides is 2. The van der Waals surface area contributed by atoms with Crippen LogP contribution in [0.1, 0.15) is 48.8 Å². The molecule has 0 radical (unpaired) electrons. The molecule has 8 heteroatoms. The van der Waals surface area contributed by atoms with E-state index in [-0.39, 0.29) is 22.8 Å². The minimum Gasteiger partial charge on any atom is -0.478 e. The van der Waals surface area contributed by atoms with Crippen LogP contribution in [-0.2, 0) is 4.79 Å². The minimum absolute atomic E-state index is 0.0513. The number of Topliss-reactive ketones (excluding diaryl/α,β-unsaturated/α-hetero) is 1. The highest BCUT2D eigenvalue weighted by molar-refractivity contribution is 8.00. The van der Waals surface area contributed by atoms with Gasteiger partial charge in [-0.05, 0) is 67.1 Å². The molecular formula is C30H24N2O5S. The second-order valence-electron chi connectivity index (χ2n) is 8.36. The van der Waals surface area contributed by atoms with Gasteiger partial charge in [-0.3, -0.25) is 14.4 Å². The zero-order valence-corrected chi connectivity index (χ0v) is 21.2. The smallest absolute Gasteiger partial charge is 0.336 e. The van der Waals surface area contributed by atoms with Crippen molar-refractivity contribution in [1.29, 1.82) is 0 Å². The molecule has 4 rings (SSSR count). The molecule has 7 nitrogen and oxygen atoms in total. The van der Waals surface area contributed by atoms with Gasteiger partial charge in [0, 0.05) is 21.8 Å². The van der Waals surface area contributed by atoms with Gasteiger partial charge in [-0.25, -0.2) is 4.79 Å². The molecule has 0 aliphatic rings. The molecule has 0 fully saturated rings. The van der Waals surface area contributed by atoms with Crippen LogP contribution in [0.4, 0.5) is 11.4 Å². The molecule has 0 heterocycles. The summed E-state index contributed by atoms with van der Waals surface area (Å²) in [5.41, 5.74) is 2.34. The Bertz CT molecular complexity index is 1490. The van der Waals surface area contributed by atoms with Crippen molar-refractivity contribution in [3.8, 4) is 0 Å². The molecule has 1 unspecified atom stereocenters. The van der Waals surface area contributed by atoms with Crippen molar-refractivity contribution in [2.24, 2.45) is 0 Å². The number of carbonyl (C=O) groups is 4. The minimum atomic E-state index is -1.19. The molecule has 4 aromatic rings. The number of carbonyl (C=O) groups excluding carboxylic acids is 3. The maximum absolute atomic E-state index is 13.4. The van der Waals surface area contributed by atoms with E-state index in [1.807, 2.05) is 36.4 Å². The average molecular weight is 525 g/mol. The lowest BCUT2D eigenvalue weighted by Crippen LogP contribution is -2.19. The number of hydrogen-bond acceptors (Lipinski definition) is 5. The number of carboxylic acid groups (broad SMARTS) is 1. The van der Waals surface area contributed by atoms with E-state index in [1.54, 1.807) is 54.6 Å². The number of ketones is 1. The lowest BCUT2D eigenvalue weighted by atomic mass is 10.1. The van der Waals surface area contributed by atoms with Crippen molar-refractivity contribution in [1.82, 2.24) is 0 Å². The van der Waals surface area contributed by atoms with E-state index in [9.17, 15) is 24.3 Å². The number of hydrogen-bond donors (Lipinski definition) is 3. The number of nitrogens with one attached hydrogen (secondary N) is 2.